The van der Waals surface area contributed by atoms with E-state index in [-0.39, 0.29) is 5.78 Å². The summed E-state index contributed by atoms with van der Waals surface area (Å²) in [5, 5.41) is 4.03. The van der Waals surface area contributed by atoms with Crippen molar-refractivity contribution in [2.24, 2.45) is 12.8 Å². The monoisotopic (exact) mass is 219 g/mol. The van der Waals surface area contributed by atoms with E-state index in [0.29, 0.717) is 0 Å². The molecule has 1 aliphatic carbocycles. The summed E-state index contributed by atoms with van der Waals surface area (Å²) in [7, 11) is 1.82. The highest BCUT2D eigenvalue weighted by atomic mass is 16.1. The quantitative estimate of drug-likeness (QED) is 0.837. The zero-order valence-corrected chi connectivity index (χ0v) is 9.52. The molecule has 0 radical (unpaired) electrons. The van der Waals surface area contributed by atoms with Crippen molar-refractivity contribution < 1.29 is 4.79 Å². The van der Waals surface area contributed by atoms with Gasteiger partial charge in [0.25, 0.3) is 0 Å². The first-order valence-corrected chi connectivity index (χ1v) is 5.66. The highest BCUT2D eigenvalue weighted by molar-refractivity contribution is 5.99. The zero-order valence-electron chi connectivity index (χ0n) is 9.52. The Balaban J connectivity index is 2.12. The van der Waals surface area contributed by atoms with Crippen molar-refractivity contribution in [2.75, 3.05) is 0 Å². The summed E-state index contributed by atoms with van der Waals surface area (Å²) in [6.07, 6.45) is 9.63. The Hall–Kier alpha value is -1.42. The molecule has 0 aliphatic heterocycles. The van der Waals surface area contributed by atoms with Gasteiger partial charge in [-0.05, 0) is 31.3 Å². The second kappa shape index (κ2) is 4.61. The van der Waals surface area contributed by atoms with Crippen LogP contribution in [0.15, 0.2) is 24.0 Å². The van der Waals surface area contributed by atoms with Crippen molar-refractivity contribution in [3.05, 3.63) is 29.6 Å². The molecule has 0 fully saturated rings. The lowest BCUT2D eigenvalue weighted by molar-refractivity contribution is -0.117. The molecule has 1 aromatic rings. The number of aromatic nitrogens is 2. The van der Waals surface area contributed by atoms with Crippen LogP contribution in [-0.2, 0) is 11.8 Å². The SMILES string of the molecule is Cn1cc(C(N)C(=O)C2=CCCCC2)cn1. The third kappa shape index (κ3) is 2.22. The Bertz CT molecular complexity index is 420. The smallest absolute Gasteiger partial charge is 0.179 e. The van der Waals surface area contributed by atoms with Crippen molar-refractivity contribution in [1.82, 2.24) is 9.78 Å². The Labute approximate surface area is 95.1 Å². The summed E-state index contributed by atoms with van der Waals surface area (Å²) in [5.41, 5.74) is 7.62. The fraction of sp³-hybridized carbons (Fsp3) is 0.500. The third-order valence-corrected chi connectivity index (χ3v) is 2.97. The molecule has 0 saturated heterocycles. The average Bonchev–Trinajstić information content (AvgIpc) is 2.75. The summed E-state index contributed by atoms with van der Waals surface area (Å²) in [4.78, 5) is 12.1. The molecule has 0 saturated carbocycles. The number of nitrogens with two attached hydrogens (primary N) is 1. The molecular weight excluding hydrogens is 202 g/mol. The first kappa shape index (κ1) is 11.1. The number of Topliss-reactive ketones (excluding diaryl/α,β-unsaturated/α-hetero) is 1. The fourth-order valence-electron chi connectivity index (χ4n) is 2.01. The molecule has 0 spiro atoms. The van der Waals surface area contributed by atoms with Gasteiger partial charge in [-0.3, -0.25) is 9.48 Å². The van der Waals surface area contributed by atoms with Crippen LogP contribution in [0.4, 0.5) is 0 Å². The normalized spacial score (nSPS) is 18.0. The van der Waals surface area contributed by atoms with Crippen molar-refractivity contribution in [2.45, 2.75) is 31.7 Å². The van der Waals surface area contributed by atoms with Gasteiger partial charge >= 0.3 is 0 Å². The van der Waals surface area contributed by atoms with Crippen LogP contribution in [-0.4, -0.2) is 15.6 Å². The number of aryl methyl sites for hydroxylation is 1. The average molecular weight is 219 g/mol. The van der Waals surface area contributed by atoms with E-state index in [1.807, 2.05) is 13.1 Å². The molecule has 4 nitrogen and oxygen atoms in total. The zero-order chi connectivity index (χ0) is 11.5. The predicted octanol–water partition coefficient (Wildman–Crippen LogP) is 1.49. The Morgan fingerprint density at radius 2 is 2.38 bits per heavy atom. The number of carbonyl (C=O) groups excluding carboxylic acids is 1. The minimum atomic E-state index is -0.557. The topological polar surface area (TPSA) is 60.9 Å². The minimum absolute atomic E-state index is 0.0488. The Kier molecular flexibility index (Phi) is 3.19. The lowest BCUT2D eigenvalue weighted by Crippen LogP contribution is -2.23. The molecule has 1 atom stereocenters. The van der Waals surface area contributed by atoms with E-state index in [0.717, 1.165) is 30.4 Å². The molecule has 86 valence electrons. The molecule has 2 rings (SSSR count). The number of carbonyl (C=O) groups is 1. The molecular formula is C12H17N3O. The third-order valence-electron chi connectivity index (χ3n) is 2.97. The lowest BCUT2D eigenvalue weighted by atomic mass is 9.92. The second-order valence-corrected chi connectivity index (χ2v) is 4.26. The largest absolute Gasteiger partial charge is 0.317 e. The second-order valence-electron chi connectivity index (χ2n) is 4.26. The molecule has 0 aromatic carbocycles. The molecule has 16 heavy (non-hydrogen) atoms. The van der Waals surface area contributed by atoms with Crippen LogP contribution in [0.25, 0.3) is 0 Å². The van der Waals surface area contributed by atoms with E-state index in [1.165, 1.54) is 6.42 Å². The number of hydrogen-bond donors (Lipinski definition) is 1. The maximum atomic E-state index is 12.1. The van der Waals surface area contributed by atoms with E-state index in [1.54, 1.807) is 17.1 Å². The fourth-order valence-corrected chi connectivity index (χ4v) is 2.01. The summed E-state index contributed by atoms with van der Waals surface area (Å²) >= 11 is 0. The summed E-state index contributed by atoms with van der Waals surface area (Å²) in [6.45, 7) is 0. The van der Waals surface area contributed by atoms with E-state index in [9.17, 15) is 4.79 Å². The van der Waals surface area contributed by atoms with Gasteiger partial charge in [-0.1, -0.05) is 6.08 Å². The number of ketones is 1. The van der Waals surface area contributed by atoms with Crippen molar-refractivity contribution in [3.8, 4) is 0 Å². The molecule has 2 N–H and O–H groups in total. The Morgan fingerprint density at radius 1 is 1.56 bits per heavy atom. The van der Waals surface area contributed by atoms with Crippen molar-refractivity contribution in [1.29, 1.82) is 0 Å². The van der Waals surface area contributed by atoms with Crippen LogP contribution in [0.5, 0.6) is 0 Å². The van der Waals surface area contributed by atoms with Crippen LogP contribution >= 0.6 is 0 Å². The van der Waals surface area contributed by atoms with Crippen LogP contribution in [0.3, 0.4) is 0 Å². The number of allylic oxidation sites excluding steroid dienone is 1. The van der Waals surface area contributed by atoms with Gasteiger partial charge in [-0.2, -0.15) is 5.10 Å². The highest BCUT2D eigenvalue weighted by Gasteiger charge is 2.21. The maximum absolute atomic E-state index is 12.1. The minimum Gasteiger partial charge on any atom is -0.317 e. The van der Waals surface area contributed by atoms with Gasteiger partial charge in [0.1, 0.15) is 0 Å². The van der Waals surface area contributed by atoms with Crippen molar-refractivity contribution >= 4 is 5.78 Å². The van der Waals surface area contributed by atoms with Crippen LogP contribution in [0.2, 0.25) is 0 Å². The lowest BCUT2D eigenvalue weighted by Gasteiger charge is -2.15. The predicted molar refractivity (Wildman–Crippen MR) is 61.7 cm³/mol. The summed E-state index contributed by atoms with van der Waals surface area (Å²) < 4.78 is 1.66. The van der Waals surface area contributed by atoms with Crippen molar-refractivity contribution in [3.63, 3.8) is 0 Å². The summed E-state index contributed by atoms with van der Waals surface area (Å²) in [6, 6.07) is -0.557. The van der Waals surface area contributed by atoms with E-state index >= 15 is 0 Å². The van der Waals surface area contributed by atoms with Gasteiger partial charge in [-0.25, -0.2) is 0 Å². The van der Waals surface area contributed by atoms with Gasteiger partial charge < -0.3 is 5.73 Å². The van der Waals surface area contributed by atoms with Crippen LogP contribution in [0, 0.1) is 0 Å². The van der Waals surface area contributed by atoms with Crippen LogP contribution in [0.1, 0.15) is 37.3 Å². The van der Waals surface area contributed by atoms with Crippen LogP contribution < -0.4 is 5.73 Å². The van der Waals surface area contributed by atoms with Gasteiger partial charge in [0.05, 0.1) is 12.2 Å². The molecule has 1 aliphatic rings. The van der Waals surface area contributed by atoms with Gasteiger partial charge in [0.2, 0.25) is 0 Å². The van der Waals surface area contributed by atoms with Gasteiger partial charge in [0, 0.05) is 18.8 Å². The number of rotatable bonds is 3. The Morgan fingerprint density at radius 3 is 2.94 bits per heavy atom. The molecule has 0 amide bonds. The van der Waals surface area contributed by atoms with E-state index in [4.69, 9.17) is 5.73 Å². The van der Waals surface area contributed by atoms with Gasteiger partial charge in [-0.15, -0.1) is 0 Å². The first-order chi connectivity index (χ1) is 7.68. The number of hydrogen-bond acceptors (Lipinski definition) is 3. The molecule has 4 heteroatoms. The van der Waals surface area contributed by atoms with Gasteiger partial charge in [0.15, 0.2) is 5.78 Å². The standard InChI is InChI=1S/C12H17N3O/c1-15-8-10(7-14-15)11(13)12(16)9-5-3-2-4-6-9/h5,7-8,11H,2-4,6,13H2,1H3. The maximum Gasteiger partial charge on any atom is 0.179 e. The van der Waals surface area contributed by atoms with E-state index < -0.39 is 6.04 Å². The molecule has 1 heterocycles. The van der Waals surface area contributed by atoms with E-state index in [2.05, 4.69) is 5.10 Å². The molecule has 0 bridgehead atoms. The molecule has 1 unspecified atom stereocenters. The highest BCUT2D eigenvalue weighted by Crippen LogP contribution is 2.23. The summed E-state index contributed by atoms with van der Waals surface area (Å²) in [5.74, 6) is 0.0488. The first-order valence-electron chi connectivity index (χ1n) is 5.66. The molecule has 1 aromatic heterocycles. The number of nitrogens with zero attached hydrogens (tertiary/aromatic N) is 2.